The van der Waals surface area contributed by atoms with Crippen LogP contribution in [-0.2, 0) is 4.79 Å². The van der Waals surface area contributed by atoms with E-state index in [2.05, 4.69) is 16.0 Å². The standard InChI is InChI=1S/C18H27N3O2/c1-12(2)16(11-20-18(23)15-5-4-10-19-15)21-17(22)14-8-6-13(3)7-9-14/h6-9,12,15-16,19H,4-5,10-11H2,1-3H3,(H,20,23)(H,21,22)/t15-,16+/m0/s1. The van der Waals surface area contributed by atoms with Crippen LogP contribution >= 0.6 is 0 Å². The molecule has 0 unspecified atom stereocenters. The summed E-state index contributed by atoms with van der Waals surface area (Å²) in [5.41, 5.74) is 1.77. The van der Waals surface area contributed by atoms with Gasteiger partial charge in [0.1, 0.15) is 0 Å². The van der Waals surface area contributed by atoms with Crippen molar-refractivity contribution >= 4 is 11.8 Å². The van der Waals surface area contributed by atoms with Crippen LogP contribution in [0, 0.1) is 12.8 Å². The average molecular weight is 317 g/mol. The molecular formula is C18H27N3O2. The fraction of sp³-hybridized carbons (Fsp3) is 0.556. The summed E-state index contributed by atoms with van der Waals surface area (Å²) in [5.74, 6) is 0.163. The lowest BCUT2D eigenvalue weighted by atomic mass is 10.0. The Labute approximate surface area is 138 Å². The van der Waals surface area contributed by atoms with Crippen molar-refractivity contribution in [3.8, 4) is 0 Å². The number of amides is 2. The number of carbonyl (C=O) groups excluding carboxylic acids is 2. The Balaban J connectivity index is 1.89. The topological polar surface area (TPSA) is 70.2 Å². The molecule has 1 aromatic rings. The average Bonchev–Trinajstić information content (AvgIpc) is 3.05. The monoisotopic (exact) mass is 317 g/mol. The highest BCUT2D eigenvalue weighted by Crippen LogP contribution is 2.08. The molecule has 1 saturated heterocycles. The molecule has 1 fully saturated rings. The van der Waals surface area contributed by atoms with Gasteiger partial charge in [-0.15, -0.1) is 0 Å². The smallest absolute Gasteiger partial charge is 0.251 e. The van der Waals surface area contributed by atoms with Gasteiger partial charge in [0.2, 0.25) is 5.91 Å². The molecule has 1 aromatic carbocycles. The van der Waals surface area contributed by atoms with Crippen LogP contribution < -0.4 is 16.0 Å². The minimum atomic E-state index is -0.100. The maximum atomic E-state index is 12.3. The van der Waals surface area contributed by atoms with Gasteiger partial charge >= 0.3 is 0 Å². The summed E-state index contributed by atoms with van der Waals surface area (Å²) < 4.78 is 0. The van der Waals surface area contributed by atoms with E-state index in [9.17, 15) is 9.59 Å². The van der Waals surface area contributed by atoms with Crippen LogP contribution in [-0.4, -0.2) is 37.0 Å². The van der Waals surface area contributed by atoms with Crippen molar-refractivity contribution < 1.29 is 9.59 Å². The number of benzene rings is 1. The molecule has 0 spiro atoms. The van der Waals surface area contributed by atoms with E-state index < -0.39 is 0 Å². The summed E-state index contributed by atoms with van der Waals surface area (Å²) in [7, 11) is 0. The molecule has 5 nitrogen and oxygen atoms in total. The maximum Gasteiger partial charge on any atom is 0.251 e. The fourth-order valence-electron chi connectivity index (χ4n) is 2.65. The third-order valence-electron chi connectivity index (χ3n) is 4.31. The van der Waals surface area contributed by atoms with Gasteiger partial charge in [0.05, 0.1) is 6.04 Å². The van der Waals surface area contributed by atoms with Crippen molar-refractivity contribution in [3.05, 3.63) is 35.4 Å². The van der Waals surface area contributed by atoms with Gasteiger partial charge in [0.25, 0.3) is 5.91 Å². The Hall–Kier alpha value is -1.88. The molecule has 126 valence electrons. The molecule has 0 saturated carbocycles. The van der Waals surface area contributed by atoms with Crippen molar-refractivity contribution in [2.45, 2.75) is 45.7 Å². The number of rotatable bonds is 6. The summed E-state index contributed by atoms with van der Waals surface area (Å²) in [6, 6.07) is 7.32. The highest BCUT2D eigenvalue weighted by molar-refractivity contribution is 5.94. The summed E-state index contributed by atoms with van der Waals surface area (Å²) in [6.07, 6.45) is 1.92. The molecule has 2 amide bonds. The lowest BCUT2D eigenvalue weighted by Gasteiger charge is -2.23. The van der Waals surface area contributed by atoms with Gasteiger partial charge in [-0.3, -0.25) is 9.59 Å². The third kappa shape index (κ3) is 5.06. The second kappa shape index (κ2) is 8.11. The highest BCUT2D eigenvalue weighted by atomic mass is 16.2. The van der Waals surface area contributed by atoms with Gasteiger partial charge in [-0.2, -0.15) is 0 Å². The predicted octanol–water partition coefficient (Wildman–Crippen LogP) is 1.62. The summed E-state index contributed by atoms with van der Waals surface area (Å²) >= 11 is 0. The second-order valence-electron chi connectivity index (χ2n) is 6.58. The Morgan fingerprint density at radius 2 is 1.96 bits per heavy atom. The number of nitrogens with one attached hydrogen (secondary N) is 3. The number of hydrogen-bond donors (Lipinski definition) is 3. The van der Waals surface area contributed by atoms with Crippen molar-refractivity contribution in [2.75, 3.05) is 13.1 Å². The first-order valence-corrected chi connectivity index (χ1v) is 8.36. The summed E-state index contributed by atoms with van der Waals surface area (Å²) in [5, 5.41) is 9.16. The van der Waals surface area contributed by atoms with E-state index in [4.69, 9.17) is 0 Å². The fourth-order valence-corrected chi connectivity index (χ4v) is 2.65. The van der Waals surface area contributed by atoms with Crippen LogP contribution in [0.15, 0.2) is 24.3 Å². The summed E-state index contributed by atoms with van der Waals surface area (Å²) in [6.45, 7) is 7.42. The van der Waals surface area contributed by atoms with Crippen LogP contribution in [0.2, 0.25) is 0 Å². The maximum absolute atomic E-state index is 12.3. The molecule has 1 aliphatic rings. The van der Waals surface area contributed by atoms with Gasteiger partial charge in [0, 0.05) is 18.2 Å². The zero-order chi connectivity index (χ0) is 16.8. The van der Waals surface area contributed by atoms with E-state index in [1.165, 1.54) is 0 Å². The zero-order valence-corrected chi connectivity index (χ0v) is 14.2. The molecule has 5 heteroatoms. The van der Waals surface area contributed by atoms with Crippen molar-refractivity contribution in [2.24, 2.45) is 5.92 Å². The van der Waals surface area contributed by atoms with Crippen LogP contribution in [0.3, 0.4) is 0 Å². The van der Waals surface area contributed by atoms with E-state index >= 15 is 0 Å². The molecule has 0 bridgehead atoms. The first-order valence-electron chi connectivity index (χ1n) is 8.36. The highest BCUT2D eigenvalue weighted by Gasteiger charge is 2.24. The van der Waals surface area contributed by atoms with E-state index in [-0.39, 0.29) is 29.8 Å². The first-order chi connectivity index (χ1) is 11.0. The molecule has 3 N–H and O–H groups in total. The van der Waals surface area contributed by atoms with E-state index in [0.717, 1.165) is 24.9 Å². The second-order valence-corrected chi connectivity index (χ2v) is 6.58. The molecule has 0 aliphatic carbocycles. The quantitative estimate of drug-likeness (QED) is 0.747. The van der Waals surface area contributed by atoms with Gasteiger partial charge in [-0.05, 0) is 44.4 Å². The molecule has 23 heavy (non-hydrogen) atoms. The van der Waals surface area contributed by atoms with E-state index in [0.29, 0.717) is 12.1 Å². The molecule has 2 atom stereocenters. The van der Waals surface area contributed by atoms with Crippen LogP contribution in [0.1, 0.15) is 42.6 Å². The van der Waals surface area contributed by atoms with Crippen molar-refractivity contribution in [1.82, 2.24) is 16.0 Å². The Bertz CT molecular complexity index is 534. The molecule has 1 aliphatic heterocycles. The minimum Gasteiger partial charge on any atom is -0.353 e. The van der Waals surface area contributed by atoms with E-state index in [1.54, 1.807) is 0 Å². The van der Waals surface area contributed by atoms with Crippen molar-refractivity contribution in [1.29, 1.82) is 0 Å². The zero-order valence-electron chi connectivity index (χ0n) is 14.2. The Morgan fingerprint density at radius 1 is 1.26 bits per heavy atom. The van der Waals surface area contributed by atoms with E-state index in [1.807, 2.05) is 45.0 Å². The van der Waals surface area contributed by atoms with Gasteiger partial charge in [-0.1, -0.05) is 31.5 Å². The van der Waals surface area contributed by atoms with Gasteiger partial charge in [-0.25, -0.2) is 0 Å². The van der Waals surface area contributed by atoms with Crippen LogP contribution in [0.5, 0.6) is 0 Å². The largest absolute Gasteiger partial charge is 0.353 e. The minimum absolute atomic E-state index is 0.0257. The molecule has 1 heterocycles. The predicted molar refractivity (Wildman–Crippen MR) is 91.3 cm³/mol. The number of hydrogen-bond acceptors (Lipinski definition) is 3. The third-order valence-corrected chi connectivity index (χ3v) is 4.31. The normalized spacial score (nSPS) is 18.7. The van der Waals surface area contributed by atoms with Crippen molar-refractivity contribution in [3.63, 3.8) is 0 Å². The molecule has 0 aromatic heterocycles. The lowest BCUT2D eigenvalue weighted by molar-refractivity contribution is -0.122. The molecule has 2 rings (SSSR count). The Morgan fingerprint density at radius 3 is 2.52 bits per heavy atom. The number of aryl methyl sites for hydroxylation is 1. The molecular weight excluding hydrogens is 290 g/mol. The Kier molecular flexibility index (Phi) is 6.16. The SMILES string of the molecule is Cc1ccc(C(=O)N[C@H](CNC(=O)[C@@H]2CCCN2)C(C)C)cc1. The summed E-state index contributed by atoms with van der Waals surface area (Å²) in [4.78, 5) is 24.4. The van der Waals surface area contributed by atoms with Crippen LogP contribution in [0.25, 0.3) is 0 Å². The van der Waals surface area contributed by atoms with Gasteiger partial charge < -0.3 is 16.0 Å². The lowest BCUT2D eigenvalue weighted by Crippen LogP contribution is -2.49. The number of carbonyl (C=O) groups is 2. The molecule has 0 radical (unpaired) electrons. The van der Waals surface area contributed by atoms with Crippen LogP contribution in [0.4, 0.5) is 0 Å². The van der Waals surface area contributed by atoms with Gasteiger partial charge in [0.15, 0.2) is 0 Å². The first kappa shape index (κ1) is 17.5.